The molecule has 0 rings (SSSR count). The Balaban J connectivity index is 3.81. The van der Waals surface area contributed by atoms with E-state index in [0.29, 0.717) is 0 Å². The predicted molar refractivity (Wildman–Crippen MR) is 53.9 cm³/mol. The fourth-order valence-corrected chi connectivity index (χ4v) is 0.813. The molecule has 11 heteroatoms. The average Bonchev–Trinajstić information content (AvgIpc) is 2.24. The molecule has 0 aromatic carbocycles. The largest absolute Gasteiger partial charge is 0.419 e. The molecule has 0 aliphatic rings. The third-order valence-corrected chi connectivity index (χ3v) is 2.04. The minimum absolute atomic E-state index is 0.0469. The summed E-state index contributed by atoms with van der Waals surface area (Å²) in [6.45, 7) is -3.26. The van der Waals surface area contributed by atoms with Crippen molar-refractivity contribution in [3.8, 4) is 0 Å². The number of halogens is 8. The van der Waals surface area contributed by atoms with Gasteiger partial charge < -0.3 is 14.2 Å². The highest BCUT2D eigenvalue weighted by Crippen LogP contribution is 2.35. The first-order chi connectivity index (χ1) is 9.21. The molecule has 0 radical (unpaired) electrons. The Morgan fingerprint density at radius 3 is 1.10 bits per heavy atom. The summed E-state index contributed by atoms with van der Waals surface area (Å²) in [7, 11) is 0. The van der Waals surface area contributed by atoms with Crippen molar-refractivity contribution in [3.05, 3.63) is 0 Å². The van der Waals surface area contributed by atoms with E-state index >= 15 is 0 Å². The molecule has 0 saturated heterocycles. The first-order valence-corrected chi connectivity index (χ1v) is 5.57. The quantitative estimate of drug-likeness (QED) is 0.452. The summed E-state index contributed by atoms with van der Waals surface area (Å²) in [6.07, 6.45) is -9.41. The number of hydrogen-bond donors (Lipinski definition) is 0. The molecule has 0 aromatic rings. The molecule has 0 aliphatic heterocycles. The van der Waals surface area contributed by atoms with E-state index in [4.69, 9.17) is 0 Å². The molecule has 0 saturated carbocycles. The average molecular weight is 334 g/mol. The van der Waals surface area contributed by atoms with Gasteiger partial charge >= 0.3 is 24.1 Å². The molecule has 0 N–H and O–H groups in total. The molecule has 21 heavy (non-hydrogen) atoms. The first-order valence-electron chi connectivity index (χ1n) is 5.57. The van der Waals surface area contributed by atoms with Gasteiger partial charge in [0.1, 0.15) is 0 Å². The monoisotopic (exact) mass is 334 g/mol. The van der Waals surface area contributed by atoms with E-state index in [9.17, 15) is 35.1 Å². The Kier molecular flexibility index (Phi) is 6.83. The Bertz CT molecular complexity index is 280. The molecule has 0 heterocycles. The van der Waals surface area contributed by atoms with Gasteiger partial charge in [-0.3, -0.25) is 0 Å². The summed E-state index contributed by atoms with van der Waals surface area (Å²) >= 11 is 0. The van der Waals surface area contributed by atoms with Gasteiger partial charge in [-0.2, -0.15) is 35.1 Å². The zero-order chi connectivity index (χ0) is 16.9. The topological polar surface area (TPSA) is 27.7 Å². The summed E-state index contributed by atoms with van der Waals surface area (Å²) in [4.78, 5) is 0. The van der Waals surface area contributed by atoms with Gasteiger partial charge in [0.15, 0.2) is 0 Å². The molecule has 0 aliphatic carbocycles. The van der Waals surface area contributed by atoms with E-state index in [-0.39, 0.29) is 13.8 Å². The predicted octanol–water partition coefficient (Wildman–Crippen LogP) is 3.53. The lowest BCUT2D eigenvalue weighted by Gasteiger charge is -2.23. The van der Waals surface area contributed by atoms with E-state index in [1.165, 1.54) is 0 Å². The minimum Gasteiger partial charge on any atom is -0.377 e. The number of alkyl halides is 8. The van der Waals surface area contributed by atoms with Gasteiger partial charge in [-0.25, -0.2) is 0 Å². The van der Waals surface area contributed by atoms with Crippen LogP contribution in [0.2, 0.25) is 0 Å². The smallest absolute Gasteiger partial charge is 0.377 e. The van der Waals surface area contributed by atoms with Gasteiger partial charge in [-0.05, 0) is 0 Å². The van der Waals surface area contributed by atoms with Crippen LogP contribution in [0.5, 0.6) is 0 Å². The van der Waals surface area contributed by atoms with Crippen LogP contribution in [0.25, 0.3) is 0 Å². The highest BCUT2D eigenvalue weighted by molar-refractivity contribution is 4.71. The molecule has 0 atom stereocenters. The SMILES string of the molecule is CC(F)(F)C(F)(F)OCCOCCOC(F)(F)C(C)(F)F. The Labute approximate surface area is 115 Å². The van der Waals surface area contributed by atoms with Crippen molar-refractivity contribution in [2.24, 2.45) is 0 Å². The Morgan fingerprint density at radius 2 is 0.857 bits per heavy atom. The first kappa shape index (κ1) is 20.3. The molecule has 128 valence electrons. The van der Waals surface area contributed by atoms with Crippen LogP contribution in [-0.2, 0) is 14.2 Å². The second-order valence-corrected chi connectivity index (χ2v) is 4.12. The zero-order valence-electron chi connectivity index (χ0n) is 11.1. The van der Waals surface area contributed by atoms with Crippen molar-refractivity contribution < 1.29 is 49.3 Å². The van der Waals surface area contributed by atoms with Gasteiger partial charge in [0.25, 0.3) is 0 Å². The molecule has 3 nitrogen and oxygen atoms in total. The Hall–Kier alpha value is -0.680. The zero-order valence-corrected chi connectivity index (χ0v) is 11.1. The fraction of sp³-hybridized carbons (Fsp3) is 1.00. The third kappa shape index (κ3) is 6.74. The number of rotatable bonds is 10. The van der Waals surface area contributed by atoms with E-state index in [2.05, 4.69) is 14.2 Å². The van der Waals surface area contributed by atoms with Gasteiger partial charge in [0.05, 0.1) is 26.4 Å². The van der Waals surface area contributed by atoms with Crippen LogP contribution >= 0.6 is 0 Å². The van der Waals surface area contributed by atoms with Crippen molar-refractivity contribution in [1.29, 1.82) is 0 Å². The lowest BCUT2D eigenvalue weighted by atomic mass is 10.4. The highest BCUT2D eigenvalue weighted by atomic mass is 19.3. The standard InChI is InChI=1S/C10H14F8O3/c1-7(11,12)9(15,16)20-5-3-19-4-6-21-10(17,18)8(2,13)14/h3-6H2,1-2H3. The van der Waals surface area contributed by atoms with Crippen molar-refractivity contribution >= 4 is 0 Å². The van der Waals surface area contributed by atoms with Crippen LogP contribution in [0.4, 0.5) is 35.1 Å². The highest BCUT2D eigenvalue weighted by Gasteiger charge is 2.54. The number of ether oxygens (including phenoxy) is 3. The van der Waals surface area contributed by atoms with Crippen LogP contribution in [0.3, 0.4) is 0 Å². The molecule has 0 unspecified atom stereocenters. The second kappa shape index (κ2) is 7.05. The maximum absolute atomic E-state index is 12.6. The molecule has 0 fully saturated rings. The third-order valence-electron chi connectivity index (χ3n) is 2.04. The summed E-state index contributed by atoms with van der Waals surface area (Å²) in [5.74, 6) is -8.80. The van der Waals surface area contributed by atoms with Gasteiger partial charge in [-0.15, -0.1) is 0 Å². The lowest BCUT2D eigenvalue weighted by Crippen LogP contribution is -2.41. The summed E-state index contributed by atoms with van der Waals surface area (Å²) in [6, 6.07) is 0. The van der Waals surface area contributed by atoms with Gasteiger partial charge in [0, 0.05) is 13.8 Å². The summed E-state index contributed by atoms with van der Waals surface area (Å²) in [5.41, 5.74) is 0. The summed E-state index contributed by atoms with van der Waals surface area (Å²) in [5, 5.41) is 0. The second-order valence-electron chi connectivity index (χ2n) is 4.12. The Morgan fingerprint density at radius 1 is 0.571 bits per heavy atom. The van der Waals surface area contributed by atoms with Crippen LogP contribution < -0.4 is 0 Å². The molecular weight excluding hydrogens is 320 g/mol. The van der Waals surface area contributed by atoms with Crippen molar-refractivity contribution in [3.63, 3.8) is 0 Å². The van der Waals surface area contributed by atoms with Gasteiger partial charge in [-0.1, -0.05) is 0 Å². The molecule has 0 aromatic heterocycles. The molecular formula is C10H14F8O3. The normalized spacial score (nSPS) is 14.6. The number of hydrogen-bond acceptors (Lipinski definition) is 3. The van der Waals surface area contributed by atoms with Crippen LogP contribution in [0, 0.1) is 0 Å². The van der Waals surface area contributed by atoms with Crippen LogP contribution in [-0.4, -0.2) is 50.5 Å². The molecule has 0 amide bonds. The fourth-order valence-electron chi connectivity index (χ4n) is 0.813. The van der Waals surface area contributed by atoms with E-state index in [1.54, 1.807) is 0 Å². The maximum atomic E-state index is 12.6. The van der Waals surface area contributed by atoms with Gasteiger partial charge in [0.2, 0.25) is 0 Å². The lowest BCUT2D eigenvalue weighted by molar-refractivity contribution is -0.346. The summed E-state index contributed by atoms with van der Waals surface area (Å²) < 4.78 is 111. The van der Waals surface area contributed by atoms with Crippen LogP contribution in [0.15, 0.2) is 0 Å². The van der Waals surface area contributed by atoms with E-state index in [0.717, 1.165) is 0 Å². The van der Waals surface area contributed by atoms with Crippen molar-refractivity contribution in [2.75, 3.05) is 26.4 Å². The van der Waals surface area contributed by atoms with Crippen molar-refractivity contribution in [1.82, 2.24) is 0 Å². The van der Waals surface area contributed by atoms with Crippen LogP contribution in [0.1, 0.15) is 13.8 Å². The van der Waals surface area contributed by atoms with E-state index < -0.39 is 50.5 Å². The molecule has 0 bridgehead atoms. The van der Waals surface area contributed by atoms with E-state index in [1.807, 2.05) is 0 Å². The minimum atomic E-state index is -4.70. The maximum Gasteiger partial charge on any atom is 0.419 e. The molecule has 0 spiro atoms. The van der Waals surface area contributed by atoms with Crippen molar-refractivity contribution in [2.45, 2.75) is 37.9 Å².